The first-order valence-electron chi connectivity index (χ1n) is 11.0. The molecular weight excluding hydrogens is 370 g/mol. The average Bonchev–Trinajstić information content (AvgIpc) is 2.61. The molecule has 1 aliphatic heterocycles. The van der Waals surface area contributed by atoms with Crippen molar-refractivity contribution in [2.45, 2.75) is 44.9 Å². The summed E-state index contributed by atoms with van der Waals surface area (Å²) in [4.78, 5) is 17.5. The van der Waals surface area contributed by atoms with Crippen LogP contribution in [-0.4, -0.2) is 44.0 Å². The summed E-state index contributed by atoms with van der Waals surface area (Å²) in [7, 11) is 2.15. The Morgan fingerprint density at radius 1 is 1.07 bits per heavy atom. The Kier molecular flexibility index (Phi) is 4.83. The van der Waals surface area contributed by atoms with E-state index in [2.05, 4.69) is 28.2 Å². The third-order valence-corrected chi connectivity index (χ3v) is 8.08. The Morgan fingerprint density at radius 3 is 2.25 bits per heavy atom. The second kappa shape index (κ2) is 7.21. The molecule has 28 heavy (non-hydrogen) atoms. The molecule has 4 saturated carbocycles. The zero-order valence-electron chi connectivity index (χ0n) is 16.9. The van der Waals surface area contributed by atoms with Crippen LogP contribution in [0.25, 0.3) is 0 Å². The maximum atomic E-state index is 12.9. The lowest BCUT2D eigenvalue weighted by atomic mass is 9.49. The number of benzene rings is 1. The Morgan fingerprint density at radius 2 is 1.68 bits per heavy atom. The van der Waals surface area contributed by atoms with Crippen molar-refractivity contribution in [3.8, 4) is 0 Å². The largest absolute Gasteiger partial charge is 0.368 e. The monoisotopic (exact) mass is 401 g/mol. The van der Waals surface area contributed by atoms with Gasteiger partial charge in [0, 0.05) is 38.3 Å². The number of halogens is 1. The summed E-state index contributed by atoms with van der Waals surface area (Å²) >= 11 is 6.58. The van der Waals surface area contributed by atoms with Crippen LogP contribution in [0.1, 0.15) is 44.9 Å². The van der Waals surface area contributed by atoms with Crippen molar-refractivity contribution in [3.63, 3.8) is 0 Å². The lowest BCUT2D eigenvalue weighted by Gasteiger charge is -2.56. The summed E-state index contributed by atoms with van der Waals surface area (Å²) in [5, 5.41) is 3.88. The van der Waals surface area contributed by atoms with Gasteiger partial charge in [0.25, 0.3) is 0 Å². The van der Waals surface area contributed by atoms with Crippen LogP contribution in [0.3, 0.4) is 0 Å². The molecule has 5 heteroatoms. The summed E-state index contributed by atoms with van der Waals surface area (Å²) in [5.41, 5.74) is 2.19. The van der Waals surface area contributed by atoms with Gasteiger partial charge in [-0.2, -0.15) is 0 Å². The minimum absolute atomic E-state index is 0.172. The molecule has 0 unspecified atom stereocenters. The Labute approximate surface area is 173 Å². The van der Waals surface area contributed by atoms with Crippen molar-refractivity contribution >= 4 is 28.9 Å². The van der Waals surface area contributed by atoms with Gasteiger partial charge < -0.3 is 15.1 Å². The zero-order chi connectivity index (χ0) is 19.3. The van der Waals surface area contributed by atoms with Crippen LogP contribution >= 0.6 is 11.6 Å². The Hall–Kier alpha value is -1.26. The summed E-state index contributed by atoms with van der Waals surface area (Å²) in [6.45, 7) is 4.10. The van der Waals surface area contributed by atoms with Crippen molar-refractivity contribution in [1.29, 1.82) is 0 Å². The van der Waals surface area contributed by atoms with E-state index in [4.69, 9.17) is 11.6 Å². The van der Waals surface area contributed by atoms with E-state index in [0.717, 1.165) is 60.3 Å². The highest BCUT2D eigenvalue weighted by atomic mass is 35.5. The third kappa shape index (κ3) is 3.66. The fraction of sp³-hybridized carbons (Fsp3) is 0.696. The van der Waals surface area contributed by atoms with Crippen LogP contribution in [-0.2, 0) is 4.79 Å². The van der Waals surface area contributed by atoms with Gasteiger partial charge in [-0.15, -0.1) is 0 Å². The smallest absolute Gasteiger partial charge is 0.224 e. The number of anilines is 2. The fourth-order valence-electron chi connectivity index (χ4n) is 6.94. The molecular formula is C23H32ClN3O. The van der Waals surface area contributed by atoms with E-state index < -0.39 is 0 Å². The normalized spacial score (nSPS) is 34.6. The molecule has 1 amide bonds. The SMILES string of the molecule is CN1CCN(c2ccc(NC(=O)CC34CC5CC(CC(C5)C3)C4)cc2Cl)CC1. The predicted octanol–water partition coefficient (Wildman–Crippen LogP) is 4.64. The fourth-order valence-corrected chi connectivity index (χ4v) is 7.24. The lowest BCUT2D eigenvalue weighted by Crippen LogP contribution is -2.47. The number of carbonyl (C=O) groups is 1. The van der Waals surface area contributed by atoms with E-state index in [0.29, 0.717) is 6.42 Å². The summed E-state index contributed by atoms with van der Waals surface area (Å²) in [5.74, 6) is 2.83. The van der Waals surface area contributed by atoms with Gasteiger partial charge >= 0.3 is 0 Å². The molecule has 1 aromatic rings. The molecule has 4 nitrogen and oxygen atoms in total. The molecule has 0 radical (unpaired) electrons. The summed E-state index contributed by atoms with van der Waals surface area (Å²) < 4.78 is 0. The van der Waals surface area contributed by atoms with Crippen LogP contribution in [0.15, 0.2) is 18.2 Å². The third-order valence-electron chi connectivity index (χ3n) is 7.78. The maximum Gasteiger partial charge on any atom is 0.224 e. The standard InChI is InChI=1S/C23H32ClN3O/c1-26-4-6-27(7-5-26)21-3-2-19(11-20(21)24)25-22(28)15-23-12-16-8-17(13-23)10-18(9-16)14-23/h2-3,11,16-18H,4-10,12-15H2,1H3,(H,25,28). The van der Waals surface area contributed by atoms with E-state index in [1.54, 1.807) is 0 Å². The van der Waals surface area contributed by atoms with Gasteiger partial charge in [-0.25, -0.2) is 0 Å². The van der Waals surface area contributed by atoms with Gasteiger partial charge in [0.15, 0.2) is 0 Å². The van der Waals surface area contributed by atoms with Crippen LogP contribution in [0.4, 0.5) is 11.4 Å². The topological polar surface area (TPSA) is 35.6 Å². The van der Waals surface area contributed by atoms with Crippen LogP contribution in [0.2, 0.25) is 5.02 Å². The van der Waals surface area contributed by atoms with E-state index in [1.807, 2.05) is 12.1 Å². The molecule has 6 rings (SSSR count). The summed E-state index contributed by atoms with van der Waals surface area (Å²) in [6.07, 6.45) is 8.77. The molecule has 1 N–H and O–H groups in total. The van der Waals surface area contributed by atoms with Crippen LogP contribution in [0, 0.1) is 23.2 Å². The van der Waals surface area contributed by atoms with E-state index in [9.17, 15) is 4.79 Å². The van der Waals surface area contributed by atoms with E-state index in [-0.39, 0.29) is 11.3 Å². The van der Waals surface area contributed by atoms with Crippen LogP contribution in [0.5, 0.6) is 0 Å². The molecule has 152 valence electrons. The molecule has 4 aliphatic carbocycles. The number of nitrogens with one attached hydrogen (secondary N) is 1. The highest BCUT2D eigenvalue weighted by Gasteiger charge is 2.51. The van der Waals surface area contributed by atoms with Crippen LogP contribution < -0.4 is 10.2 Å². The van der Waals surface area contributed by atoms with Crippen molar-refractivity contribution in [2.24, 2.45) is 23.2 Å². The molecule has 0 atom stereocenters. The average molecular weight is 402 g/mol. The van der Waals surface area contributed by atoms with Gasteiger partial charge in [0.2, 0.25) is 5.91 Å². The van der Waals surface area contributed by atoms with Gasteiger partial charge in [-0.1, -0.05) is 11.6 Å². The Balaban J connectivity index is 1.23. The molecule has 4 bridgehead atoms. The number of hydrogen-bond donors (Lipinski definition) is 1. The molecule has 1 aromatic carbocycles. The first-order chi connectivity index (χ1) is 13.5. The van der Waals surface area contributed by atoms with Gasteiger partial charge in [0.05, 0.1) is 10.7 Å². The van der Waals surface area contributed by atoms with Gasteiger partial charge in [-0.3, -0.25) is 4.79 Å². The first kappa shape index (κ1) is 18.7. The van der Waals surface area contributed by atoms with E-state index in [1.165, 1.54) is 38.5 Å². The Bertz CT molecular complexity index is 721. The first-order valence-corrected chi connectivity index (χ1v) is 11.4. The highest BCUT2D eigenvalue weighted by molar-refractivity contribution is 6.33. The number of carbonyl (C=O) groups excluding carboxylic acids is 1. The molecule has 5 aliphatic rings. The highest BCUT2D eigenvalue weighted by Crippen LogP contribution is 2.61. The van der Waals surface area contributed by atoms with Gasteiger partial charge in [0.1, 0.15) is 0 Å². The number of nitrogens with zero attached hydrogens (tertiary/aromatic N) is 2. The second-order valence-corrected chi connectivity index (χ2v) is 10.5. The molecule has 0 aromatic heterocycles. The number of likely N-dealkylation sites (N-methyl/N-ethyl adjacent to an activating group) is 1. The predicted molar refractivity (Wildman–Crippen MR) is 115 cm³/mol. The van der Waals surface area contributed by atoms with Gasteiger partial charge in [-0.05, 0) is 86.9 Å². The van der Waals surface area contributed by atoms with Crippen molar-refractivity contribution in [3.05, 3.63) is 23.2 Å². The quantitative estimate of drug-likeness (QED) is 0.798. The molecule has 5 fully saturated rings. The molecule has 0 spiro atoms. The number of piperazine rings is 1. The number of amides is 1. The molecule has 1 heterocycles. The van der Waals surface area contributed by atoms with Crippen molar-refractivity contribution < 1.29 is 4.79 Å². The number of rotatable bonds is 4. The minimum atomic E-state index is 0.172. The lowest BCUT2D eigenvalue weighted by molar-refractivity contribution is -0.124. The molecule has 1 saturated heterocycles. The maximum absolute atomic E-state index is 12.9. The zero-order valence-corrected chi connectivity index (χ0v) is 17.7. The van der Waals surface area contributed by atoms with E-state index >= 15 is 0 Å². The number of hydrogen-bond acceptors (Lipinski definition) is 3. The summed E-state index contributed by atoms with van der Waals surface area (Å²) in [6, 6.07) is 6.00. The van der Waals surface area contributed by atoms with Crippen molar-refractivity contribution in [2.75, 3.05) is 43.4 Å². The second-order valence-electron chi connectivity index (χ2n) is 10.1. The minimum Gasteiger partial charge on any atom is -0.368 e. The van der Waals surface area contributed by atoms with Crippen molar-refractivity contribution in [1.82, 2.24) is 4.90 Å².